The van der Waals surface area contributed by atoms with Gasteiger partial charge in [-0.25, -0.2) is 4.79 Å². The van der Waals surface area contributed by atoms with E-state index in [4.69, 9.17) is 0 Å². The summed E-state index contributed by atoms with van der Waals surface area (Å²) in [6.45, 7) is 7.41. The van der Waals surface area contributed by atoms with Gasteiger partial charge in [-0.15, -0.1) is 11.3 Å². The van der Waals surface area contributed by atoms with Crippen LogP contribution in [0.25, 0.3) is 0 Å². The van der Waals surface area contributed by atoms with Crippen LogP contribution in [0.5, 0.6) is 0 Å². The maximum Gasteiger partial charge on any atom is 0.321 e. The van der Waals surface area contributed by atoms with Crippen molar-refractivity contribution in [3.05, 3.63) is 22.4 Å². The fourth-order valence-electron chi connectivity index (χ4n) is 3.43. The van der Waals surface area contributed by atoms with E-state index in [1.807, 2.05) is 17.5 Å². The summed E-state index contributed by atoms with van der Waals surface area (Å²) in [5, 5.41) is 10.4. The van der Waals surface area contributed by atoms with Gasteiger partial charge in [0.2, 0.25) is 5.91 Å². The molecule has 1 aromatic heterocycles. The van der Waals surface area contributed by atoms with Gasteiger partial charge < -0.3 is 10.6 Å². The summed E-state index contributed by atoms with van der Waals surface area (Å²) in [6.07, 6.45) is 4.76. The van der Waals surface area contributed by atoms with Gasteiger partial charge in [0.05, 0.1) is 13.1 Å². The quantitative estimate of drug-likeness (QED) is 0.762. The largest absolute Gasteiger partial charge is 0.333 e. The minimum atomic E-state index is -0.439. The number of hydrogen-bond donors (Lipinski definition) is 3. The van der Waals surface area contributed by atoms with Crippen molar-refractivity contribution in [1.29, 1.82) is 0 Å². The topological polar surface area (TPSA) is 70.2 Å². The van der Waals surface area contributed by atoms with Crippen molar-refractivity contribution in [2.75, 3.05) is 6.54 Å². The Bertz CT molecular complexity index is 537. The highest BCUT2D eigenvalue weighted by molar-refractivity contribution is 7.09. The summed E-state index contributed by atoms with van der Waals surface area (Å²) in [6, 6.07) is 3.79. The van der Waals surface area contributed by atoms with Gasteiger partial charge in [0.1, 0.15) is 0 Å². The summed E-state index contributed by atoms with van der Waals surface area (Å²) in [5.74, 6) is 0.281. The van der Waals surface area contributed by atoms with Crippen molar-refractivity contribution in [2.24, 2.45) is 11.3 Å². The predicted octanol–water partition coefficient (Wildman–Crippen LogP) is 3.27. The van der Waals surface area contributed by atoms with Crippen LogP contribution < -0.4 is 16.0 Å². The number of hydrogen-bond acceptors (Lipinski definition) is 4. The van der Waals surface area contributed by atoms with Crippen molar-refractivity contribution in [3.63, 3.8) is 0 Å². The highest BCUT2D eigenvalue weighted by Gasteiger charge is 2.33. The van der Waals surface area contributed by atoms with Crippen LogP contribution in [0.3, 0.4) is 0 Å². The van der Waals surface area contributed by atoms with Gasteiger partial charge in [0.25, 0.3) is 0 Å². The van der Waals surface area contributed by atoms with Crippen LogP contribution in [0.1, 0.15) is 51.3 Å². The van der Waals surface area contributed by atoms with Gasteiger partial charge in [-0.3, -0.25) is 10.1 Å². The summed E-state index contributed by atoms with van der Waals surface area (Å²) >= 11 is 1.58. The van der Waals surface area contributed by atoms with E-state index < -0.39 is 6.03 Å². The molecule has 5 nitrogen and oxygen atoms in total. The molecule has 2 unspecified atom stereocenters. The molecule has 1 fully saturated rings. The van der Waals surface area contributed by atoms with Gasteiger partial charge in [-0.05, 0) is 35.6 Å². The van der Waals surface area contributed by atoms with E-state index in [2.05, 4.69) is 36.7 Å². The number of carbonyl (C=O) groups excluding carboxylic acids is 2. The van der Waals surface area contributed by atoms with Crippen molar-refractivity contribution < 1.29 is 9.59 Å². The fraction of sp³-hybridized carbons (Fsp3) is 0.667. The van der Waals surface area contributed by atoms with Gasteiger partial charge in [-0.1, -0.05) is 39.7 Å². The first kappa shape index (κ1) is 18.9. The molecule has 1 aromatic rings. The smallest absolute Gasteiger partial charge is 0.321 e. The van der Waals surface area contributed by atoms with E-state index in [1.54, 1.807) is 11.3 Å². The molecule has 3 amide bonds. The molecule has 1 saturated carbocycles. The summed E-state index contributed by atoms with van der Waals surface area (Å²) in [4.78, 5) is 24.8. The van der Waals surface area contributed by atoms with Crippen LogP contribution in [0.4, 0.5) is 4.79 Å². The number of urea groups is 1. The van der Waals surface area contributed by atoms with E-state index in [1.165, 1.54) is 19.3 Å². The lowest BCUT2D eigenvalue weighted by atomic mass is 9.69. The number of imide groups is 1. The molecule has 0 spiro atoms. The second-order valence-electron chi connectivity index (χ2n) is 7.55. The van der Waals surface area contributed by atoms with Gasteiger partial charge in [-0.2, -0.15) is 0 Å². The molecule has 0 aliphatic heterocycles. The molecule has 0 saturated heterocycles. The number of rotatable bonds is 5. The highest BCUT2D eigenvalue weighted by Crippen LogP contribution is 2.37. The van der Waals surface area contributed by atoms with Crippen molar-refractivity contribution >= 4 is 23.3 Å². The zero-order chi connectivity index (χ0) is 17.6. The normalized spacial score (nSPS) is 21.3. The number of carbonyl (C=O) groups is 2. The standard InChI is InChI=1S/C18H29N3O2S/c1-18(2,3)14-8-4-5-9-15(14)19-12-16(22)21-17(23)20-11-13-7-6-10-24-13/h6-7,10,14-15,19H,4-5,8-9,11-12H2,1-3H3,(H2,20,21,22,23). The molecular weight excluding hydrogens is 322 g/mol. The third-order valence-electron chi connectivity index (χ3n) is 4.66. The summed E-state index contributed by atoms with van der Waals surface area (Å²) in [5.41, 5.74) is 0.229. The molecule has 3 N–H and O–H groups in total. The molecule has 134 valence electrons. The second kappa shape index (κ2) is 8.62. The highest BCUT2D eigenvalue weighted by atomic mass is 32.1. The Morgan fingerprint density at radius 2 is 2.00 bits per heavy atom. The van der Waals surface area contributed by atoms with Gasteiger partial charge in [0.15, 0.2) is 0 Å². The average Bonchev–Trinajstić information content (AvgIpc) is 3.04. The minimum absolute atomic E-state index is 0.184. The maximum atomic E-state index is 12.0. The SMILES string of the molecule is CC(C)(C)C1CCCCC1NCC(=O)NC(=O)NCc1cccs1. The Labute approximate surface area is 148 Å². The summed E-state index contributed by atoms with van der Waals surface area (Å²) in [7, 11) is 0. The Morgan fingerprint density at radius 3 is 2.67 bits per heavy atom. The van der Waals surface area contributed by atoms with Crippen LogP contribution in [-0.2, 0) is 11.3 Å². The number of nitrogens with one attached hydrogen (secondary N) is 3. The van der Waals surface area contributed by atoms with E-state index in [9.17, 15) is 9.59 Å². The first-order valence-electron chi connectivity index (χ1n) is 8.69. The number of amides is 3. The lowest BCUT2D eigenvalue weighted by Gasteiger charge is -2.40. The second-order valence-corrected chi connectivity index (χ2v) is 8.59. The summed E-state index contributed by atoms with van der Waals surface area (Å²) < 4.78 is 0. The lowest BCUT2D eigenvalue weighted by Crippen LogP contribution is -2.49. The predicted molar refractivity (Wildman–Crippen MR) is 97.9 cm³/mol. The third kappa shape index (κ3) is 5.91. The van der Waals surface area contributed by atoms with Crippen LogP contribution in [0, 0.1) is 11.3 Å². The molecular formula is C18H29N3O2S. The van der Waals surface area contributed by atoms with Crippen molar-refractivity contribution in [3.8, 4) is 0 Å². The Morgan fingerprint density at radius 1 is 1.25 bits per heavy atom. The maximum absolute atomic E-state index is 12.0. The third-order valence-corrected chi connectivity index (χ3v) is 5.54. The Hall–Kier alpha value is -1.40. The van der Waals surface area contributed by atoms with Crippen LogP contribution in [-0.4, -0.2) is 24.5 Å². The van der Waals surface area contributed by atoms with E-state index >= 15 is 0 Å². The Kier molecular flexibility index (Phi) is 6.80. The van der Waals surface area contributed by atoms with E-state index in [0.717, 1.165) is 11.3 Å². The van der Waals surface area contributed by atoms with Gasteiger partial charge >= 0.3 is 6.03 Å². The molecule has 1 aliphatic rings. The first-order chi connectivity index (χ1) is 11.4. The minimum Gasteiger partial charge on any atom is -0.333 e. The monoisotopic (exact) mass is 351 g/mol. The molecule has 1 heterocycles. The molecule has 1 aliphatic carbocycles. The molecule has 2 rings (SSSR count). The Balaban J connectivity index is 1.72. The molecule has 6 heteroatoms. The zero-order valence-electron chi connectivity index (χ0n) is 14.9. The van der Waals surface area contributed by atoms with Crippen LogP contribution in [0.15, 0.2) is 17.5 Å². The molecule has 0 aromatic carbocycles. The van der Waals surface area contributed by atoms with Crippen LogP contribution in [0.2, 0.25) is 0 Å². The molecule has 24 heavy (non-hydrogen) atoms. The van der Waals surface area contributed by atoms with E-state index in [-0.39, 0.29) is 17.9 Å². The molecule has 0 radical (unpaired) electrons. The van der Waals surface area contributed by atoms with Crippen molar-refractivity contribution in [2.45, 2.75) is 59.0 Å². The van der Waals surface area contributed by atoms with Gasteiger partial charge in [0, 0.05) is 10.9 Å². The van der Waals surface area contributed by atoms with E-state index in [0.29, 0.717) is 18.5 Å². The lowest BCUT2D eigenvalue weighted by molar-refractivity contribution is -0.119. The average molecular weight is 352 g/mol. The van der Waals surface area contributed by atoms with Crippen LogP contribution >= 0.6 is 11.3 Å². The number of thiophene rings is 1. The molecule has 2 atom stereocenters. The fourth-order valence-corrected chi connectivity index (χ4v) is 4.08. The zero-order valence-corrected chi connectivity index (χ0v) is 15.7. The molecule has 0 bridgehead atoms. The van der Waals surface area contributed by atoms with Crippen molar-refractivity contribution in [1.82, 2.24) is 16.0 Å². The first-order valence-corrected chi connectivity index (χ1v) is 9.57.